The average Bonchev–Trinajstić information content (AvgIpc) is 2.09. The van der Waals surface area contributed by atoms with Gasteiger partial charge in [-0.25, -0.2) is 5.43 Å². The second-order valence-electron chi connectivity index (χ2n) is 2.26. The summed E-state index contributed by atoms with van der Waals surface area (Å²) in [6.07, 6.45) is 0. The van der Waals surface area contributed by atoms with E-state index in [0.717, 1.165) is 5.69 Å². The maximum absolute atomic E-state index is 8.48. The molecule has 0 saturated heterocycles. The summed E-state index contributed by atoms with van der Waals surface area (Å²) in [6.45, 7) is 0.586. The molecule has 12 heavy (non-hydrogen) atoms. The lowest BCUT2D eigenvalue weighted by Crippen LogP contribution is -2.24. The van der Waals surface area contributed by atoms with Crippen LogP contribution in [0.4, 0.5) is 5.69 Å². The molecule has 3 nitrogen and oxygen atoms in total. The minimum atomic E-state index is 0.0947. The smallest absolute Gasteiger partial charge is 0.0674 e. The molecule has 4 heteroatoms. The SMILES string of the molecule is OCCNNc1ccccc1Cl. The Morgan fingerprint density at radius 3 is 2.75 bits per heavy atom. The Bertz CT molecular complexity index is 242. The standard InChI is InChI=1S/C8H11ClN2O/c9-7-3-1-2-4-8(7)11-10-5-6-12/h1-4,10-12H,5-6H2. The number of benzene rings is 1. The van der Waals surface area contributed by atoms with Crippen LogP contribution in [0, 0.1) is 0 Å². The van der Waals surface area contributed by atoms with Crippen molar-refractivity contribution in [3.8, 4) is 0 Å². The molecule has 1 aromatic carbocycles. The van der Waals surface area contributed by atoms with Crippen molar-refractivity contribution < 1.29 is 5.11 Å². The zero-order valence-electron chi connectivity index (χ0n) is 6.55. The summed E-state index contributed by atoms with van der Waals surface area (Å²) < 4.78 is 0. The lowest BCUT2D eigenvalue weighted by Gasteiger charge is -2.07. The predicted molar refractivity (Wildman–Crippen MR) is 50.2 cm³/mol. The number of nitrogens with one attached hydrogen (secondary N) is 2. The highest BCUT2D eigenvalue weighted by Gasteiger charge is 1.94. The van der Waals surface area contributed by atoms with Crippen LogP contribution in [-0.2, 0) is 0 Å². The number of hydrogen-bond acceptors (Lipinski definition) is 3. The molecular weight excluding hydrogens is 176 g/mol. The van der Waals surface area contributed by atoms with Gasteiger partial charge in [0.2, 0.25) is 0 Å². The summed E-state index contributed by atoms with van der Waals surface area (Å²) in [6, 6.07) is 7.39. The summed E-state index contributed by atoms with van der Waals surface area (Å²) >= 11 is 5.84. The van der Waals surface area contributed by atoms with Gasteiger partial charge >= 0.3 is 0 Å². The van der Waals surface area contributed by atoms with Crippen molar-refractivity contribution in [1.29, 1.82) is 0 Å². The molecule has 0 atom stereocenters. The molecular formula is C8H11ClN2O. The third-order valence-electron chi connectivity index (χ3n) is 1.33. The van der Waals surface area contributed by atoms with Gasteiger partial charge in [0.05, 0.1) is 17.3 Å². The third kappa shape index (κ3) is 2.70. The summed E-state index contributed by atoms with van der Waals surface area (Å²) in [4.78, 5) is 0. The van der Waals surface area contributed by atoms with E-state index in [2.05, 4.69) is 10.9 Å². The number of para-hydroxylation sites is 1. The van der Waals surface area contributed by atoms with Crippen molar-refractivity contribution >= 4 is 17.3 Å². The van der Waals surface area contributed by atoms with Crippen LogP contribution in [0.5, 0.6) is 0 Å². The molecule has 1 aromatic rings. The molecule has 0 aliphatic carbocycles. The zero-order valence-corrected chi connectivity index (χ0v) is 7.30. The van der Waals surface area contributed by atoms with E-state index in [1.54, 1.807) is 6.07 Å². The van der Waals surface area contributed by atoms with Crippen molar-refractivity contribution in [3.63, 3.8) is 0 Å². The van der Waals surface area contributed by atoms with Gasteiger partial charge in [0.15, 0.2) is 0 Å². The first kappa shape index (κ1) is 9.32. The van der Waals surface area contributed by atoms with Crippen molar-refractivity contribution in [2.75, 3.05) is 18.6 Å². The Morgan fingerprint density at radius 2 is 2.08 bits per heavy atom. The second kappa shape index (κ2) is 4.98. The number of hydrogen-bond donors (Lipinski definition) is 3. The Morgan fingerprint density at radius 1 is 1.33 bits per heavy atom. The lowest BCUT2D eigenvalue weighted by molar-refractivity contribution is 0.296. The molecule has 66 valence electrons. The maximum Gasteiger partial charge on any atom is 0.0674 e. The van der Waals surface area contributed by atoms with E-state index in [1.807, 2.05) is 18.2 Å². The van der Waals surface area contributed by atoms with E-state index < -0.39 is 0 Å². The first-order valence-corrected chi connectivity index (χ1v) is 4.06. The normalized spacial score (nSPS) is 9.83. The lowest BCUT2D eigenvalue weighted by atomic mass is 10.3. The van der Waals surface area contributed by atoms with Crippen LogP contribution in [-0.4, -0.2) is 18.3 Å². The van der Waals surface area contributed by atoms with Crippen LogP contribution in [0.2, 0.25) is 5.02 Å². The molecule has 0 radical (unpaired) electrons. The summed E-state index contributed by atoms with van der Waals surface area (Å²) in [5.74, 6) is 0. The first-order chi connectivity index (χ1) is 5.84. The number of hydrazine groups is 1. The van der Waals surface area contributed by atoms with E-state index in [9.17, 15) is 0 Å². The molecule has 0 bridgehead atoms. The Balaban J connectivity index is 2.46. The monoisotopic (exact) mass is 186 g/mol. The largest absolute Gasteiger partial charge is 0.395 e. The van der Waals surface area contributed by atoms with Crippen LogP contribution in [0.15, 0.2) is 24.3 Å². The van der Waals surface area contributed by atoms with Crippen molar-refractivity contribution in [2.24, 2.45) is 0 Å². The molecule has 0 aliphatic rings. The van der Waals surface area contributed by atoms with Crippen molar-refractivity contribution in [2.45, 2.75) is 0 Å². The average molecular weight is 187 g/mol. The fourth-order valence-corrected chi connectivity index (χ4v) is 0.959. The Labute approximate surface area is 76.3 Å². The highest BCUT2D eigenvalue weighted by atomic mass is 35.5. The summed E-state index contributed by atoms with van der Waals surface area (Å²) in [7, 11) is 0. The number of halogens is 1. The molecule has 0 amide bonds. The molecule has 1 rings (SSSR count). The summed E-state index contributed by atoms with van der Waals surface area (Å²) in [5, 5.41) is 9.13. The van der Waals surface area contributed by atoms with Crippen LogP contribution >= 0.6 is 11.6 Å². The van der Waals surface area contributed by atoms with Crippen LogP contribution in [0.1, 0.15) is 0 Å². The molecule has 0 aromatic heterocycles. The minimum Gasteiger partial charge on any atom is -0.395 e. The number of aliphatic hydroxyl groups excluding tert-OH is 1. The fraction of sp³-hybridized carbons (Fsp3) is 0.250. The van der Waals surface area contributed by atoms with Gasteiger partial charge in [-0.15, -0.1) is 0 Å². The summed E-state index contributed by atoms with van der Waals surface area (Å²) in [5.41, 5.74) is 6.49. The highest BCUT2D eigenvalue weighted by molar-refractivity contribution is 6.33. The van der Waals surface area contributed by atoms with Crippen molar-refractivity contribution in [3.05, 3.63) is 29.3 Å². The third-order valence-corrected chi connectivity index (χ3v) is 1.66. The van der Waals surface area contributed by atoms with Gasteiger partial charge in [-0.3, -0.25) is 0 Å². The van der Waals surface area contributed by atoms with Crippen LogP contribution in [0.25, 0.3) is 0 Å². The van der Waals surface area contributed by atoms with Crippen molar-refractivity contribution in [1.82, 2.24) is 5.43 Å². The molecule has 0 heterocycles. The first-order valence-electron chi connectivity index (χ1n) is 3.69. The quantitative estimate of drug-likeness (QED) is 0.490. The van der Waals surface area contributed by atoms with Crippen LogP contribution in [0.3, 0.4) is 0 Å². The number of rotatable bonds is 4. The van der Waals surface area contributed by atoms with E-state index >= 15 is 0 Å². The Kier molecular flexibility index (Phi) is 3.87. The molecule has 0 fully saturated rings. The molecule has 0 spiro atoms. The fourth-order valence-electron chi connectivity index (χ4n) is 0.776. The van der Waals surface area contributed by atoms with Gasteiger partial charge in [-0.2, -0.15) is 0 Å². The number of anilines is 1. The minimum absolute atomic E-state index is 0.0947. The topological polar surface area (TPSA) is 44.3 Å². The van der Waals surface area contributed by atoms with Gasteiger partial charge in [-0.1, -0.05) is 23.7 Å². The maximum atomic E-state index is 8.48. The number of aliphatic hydroxyl groups is 1. The predicted octanol–water partition coefficient (Wildman–Crippen LogP) is 1.25. The van der Waals surface area contributed by atoms with E-state index in [4.69, 9.17) is 16.7 Å². The van der Waals surface area contributed by atoms with Gasteiger partial charge in [0.1, 0.15) is 0 Å². The van der Waals surface area contributed by atoms with Gasteiger partial charge < -0.3 is 10.5 Å². The second-order valence-corrected chi connectivity index (χ2v) is 2.66. The molecule has 0 aliphatic heterocycles. The van der Waals surface area contributed by atoms with Gasteiger partial charge in [-0.05, 0) is 12.1 Å². The molecule has 3 N–H and O–H groups in total. The Hall–Kier alpha value is -0.770. The highest BCUT2D eigenvalue weighted by Crippen LogP contribution is 2.18. The van der Waals surface area contributed by atoms with Crippen LogP contribution < -0.4 is 10.9 Å². The molecule has 0 saturated carbocycles. The van der Waals surface area contributed by atoms with E-state index in [0.29, 0.717) is 11.6 Å². The van der Waals surface area contributed by atoms with Gasteiger partial charge in [0.25, 0.3) is 0 Å². The zero-order chi connectivity index (χ0) is 8.81. The van der Waals surface area contributed by atoms with E-state index in [-0.39, 0.29) is 6.61 Å². The molecule has 0 unspecified atom stereocenters. The van der Waals surface area contributed by atoms with E-state index in [1.165, 1.54) is 0 Å². The van der Waals surface area contributed by atoms with Gasteiger partial charge in [0, 0.05) is 6.54 Å².